The molecule has 7 heteroatoms. The van der Waals surface area contributed by atoms with E-state index in [0.717, 1.165) is 69.7 Å². The van der Waals surface area contributed by atoms with E-state index < -0.39 is 0 Å². The lowest BCUT2D eigenvalue weighted by atomic mass is 9.93. The zero-order valence-corrected chi connectivity index (χ0v) is 16.3. The van der Waals surface area contributed by atoms with Gasteiger partial charge in [-0.1, -0.05) is 0 Å². The summed E-state index contributed by atoms with van der Waals surface area (Å²) in [5, 5.41) is 5.96. The van der Waals surface area contributed by atoms with Crippen LogP contribution in [-0.2, 0) is 4.79 Å². The number of aromatic nitrogens is 1. The van der Waals surface area contributed by atoms with Gasteiger partial charge in [-0.25, -0.2) is 4.98 Å². The van der Waals surface area contributed by atoms with E-state index in [1.54, 1.807) is 0 Å². The van der Waals surface area contributed by atoms with Gasteiger partial charge >= 0.3 is 0 Å². The molecule has 2 saturated heterocycles. The normalized spacial score (nSPS) is 25.3. The molecule has 1 aliphatic carbocycles. The van der Waals surface area contributed by atoms with E-state index in [1.807, 2.05) is 17.2 Å². The number of aryl methyl sites for hydroxylation is 1. The van der Waals surface area contributed by atoms with Crippen molar-refractivity contribution in [2.45, 2.75) is 57.5 Å². The predicted molar refractivity (Wildman–Crippen MR) is 101 cm³/mol. The van der Waals surface area contributed by atoms with Gasteiger partial charge in [0.15, 0.2) is 0 Å². The predicted octanol–water partition coefficient (Wildman–Crippen LogP) is 2.05. The van der Waals surface area contributed by atoms with Gasteiger partial charge in [0.05, 0.1) is 10.9 Å². The minimum absolute atomic E-state index is 0.0631. The van der Waals surface area contributed by atoms with Crippen molar-refractivity contribution in [2.24, 2.45) is 5.92 Å². The lowest BCUT2D eigenvalue weighted by molar-refractivity contribution is -0.127. The molecule has 1 aromatic rings. The summed E-state index contributed by atoms with van der Waals surface area (Å²) < 4.78 is 0. The number of likely N-dealkylation sites (tertiary alicyclic amines) is 2. The summed E-state index contributed by atoms with van der Waals surface area (Å²) in [6.45, 7) is 5.46. The average Bonchev–Trinajstić information content (AvgIpc) is 3.38. The molecule has 1 N–H and O–H groups in total. The topological polar surface area (TPSA) is 65.5 Å². The highest BCUT2D eigenvalue weighted by Crippen LogP contribution is 2.26. The van der Waals surface area contributed by atoms with Crippen molar-refractivity contribution in [2.75, 3.05) is 26.2 Å². The quantitative estimate of drug-likeness (QED) is 0.873. The van der Waals surface area contributed by atoms with E-state index in [2.05, 4.69) is 15.2 Å². The molecule has 1 saturated carbocycles. The van der Waals surface area contributed by atoms with Crippen molar-refractivity contribution < 1.29 is 9.59 Å². The molecule has 0 radical (unpaired) electrons. The van der Waals surface area contributed by atoms with Crippen LogP contribution in [-0.4, -0.2) is 64.9 Å². The first-order chi connectivity index (χ1) is 12.6. The molecule has 3 heterocycles. The van der Waals surface area contributed by atoms with Gasteiger partial charge in [0, 0.05) is 37.1 Å². The number of hydrogen-bond donors (Lipinski definition) is 1. The van der Waals surface area contributed by atoms with E-state index >= 15 is 0 Å². The van der Waals surface area contributed by atoms with Gasteiger partial charge in [-0.05, 0) is 52.0 Å². The second kappa shape index (κ2) is 7.64. The first-order valence-corrected chi connectivity index (χ1v) is 10.7. The first-order valence-electron chi connectivity index (χ1n) is 9.86. The summed E-state index contributed by atoms with van der Waals surface area (Å²) in [5.74, 6) is 0.457. The Morgan fingerprint density at radius 2 is 1.92 bits per heavy atom. The maximum absolute atomic E-state index is 12.5. The summed E-state index contributed by atoms with van der Waals surface area (Å²) in [6.07, 6.45) is 6.38. The van der Waals surface area contributed by atoms with Crippen LogP contribution in [0, 0.1) is 12.8 Å². The van der Waals surface area contributed by atoms with Crippen LogP contribution in [0.25, 0.3) is 0 Å². The van der Waals surface area contributed by atoms with E-state index in [9.17, 15) is 9.59 Å². The Morgan fingerprint density at radius 3 is 2.58 bits per heavy atom. The van der Waals surface area contributed by atoms with Crippen molar-refractivity contribution >= 4 is 23.2 Å². The summed E-state index contributed by atoms with van der Waals surface area (Å²) in [5.41, 5.74) is 0.584. The molecule has 26 heavy (non-hydrogen) atoms. The number of hydrogen-bond acceptors (Lipinski definition) is 5. The molecule has 2 aliphatic heterocycles. The van der Waals surface area contributed by atoms with Crippen LogP contribution < -0.4 is 5.32 Å². The molecule has 0 spiro atoms. The van der Waals surface area contributed by atoms with Gasteiger partial charge < -0.3 is 10.2 Å². The summed E-state index contributed by atoms with van der Waals surface area (Å²) in [4.78, 5) is 33.7. The SMILES string of the molecule is Cc1nc(C(=O)N2CCC(N3CCC[C@H](C(=O)NC4CC4)C3)CC2)cs1. The number of thiazole rings is 1. The van der Waals surface area contributed by atoms with Gasteiger partial charge in [0.2, 0.25) is 5.91 Å². The largest absolute Gasteiger partial charge is 0.353 e. The van der Waals surface area contributed by atoms with Crippen molar-refractivity contribution in [3.63, 3.8) is 0 Å². The average molecular weight is 377 g/mol. The molecule has 1 aromatic heterocycles. The van der Waals surface area contributed by atoms with E-state index in [4.69, 9.17) is 0 Å². The Morgan fingerprint density at radius 1 is 1.15 bits per heavy atom. The van der Waals surface area contributed by atoms with Crippen LogP contribution in [0.5, 0.6) is 0 Å². The number of amides is 2. The minimum atomic E-state index is 0.0631. The van der Waals surface area contributed by atoms with Crippen LogP contribution in [0.3, 0.4) is 0 Å². The van der Waals surface area contributed by atoms with Crippen LogP contribution >= 0.6 is 11.3 Å². The Bertz CT molecular complexity index is 664. The molecule has 6 nitrogen and oxygen atoms in total. The van der Waals surface area contributed by atoms with Crippen molar-refractivity contribution in [3.05, 3.63) is 16.1 Å². The van der Waals surface area contributed by atoms with E-state index in [0.29, 0.717) is 17.8 Å². The Labute approximate surface area is 159 Å². The minimum Gasteiger partial charge on any atom is -0.353 e. The molecule has 0 bridgehead atoms. The fourth-order valence-electron chi connectivity index (χ4n) is 4.16. The number of nitrogens with zero attached hydrogens (tertiary/aromatic N) is 3. The van der Waals surface area contributed by atoms with Crippen molar-refractivity contribution in [1.29, 1.82) is 0 Å². The van der Waals surface area contributed by atoms with Gasteiger partial charge in [0.25, 0.3) is 5.91 Å². The summed E-state index contributed by atoms with van der Waals surface area (Å²) in [7, 11) is 0. The number of carbonyl (C=O) groups is 2. The highest BCUT2D eigenvalue weighted by Gasteiger charge is 2.34. The Kier molecular flexibility index (Phi) is 5.27. The maximum atomic E-state index is 12.5. The molecule has 0 aromatic carbocycles. The zero-order chi connectivity index (χ0) is 18.1. The molecule has 142 valence electrons. The van der Waals surface area contributed by atoms with Gasteiger partial charge in [-0.15, -0.1) is 11.3 Å². The molecular formula is C19H28N4O2S. The van der Waals surface area contributed by atoms with Crippen LogP contribution in [0.2, 0.25) is 0 Å². The third-order valence-electron chi connectivity index (χ3n) is 5.85. The number of rotatable bonds is 4. The van der Waals surface area contributed by atoms with Gasteiger partial charge in [-0.3, -0.25) is 14.5 Å². The van der Waals surface area contributed by atoms with Crippen LogP contribution in [0.4, 0.5) is 0 Å². The molecule has 0 unspecified atom stereocenters. The Hall–Kier alpha value is -1.47. The van der Waals surface area contributed by atoms with Gasteiger partial charge in [0.1, 0.15) is 5.69 Å². The van der Waals surface area contributed by atoms with Crippen LogP contribution in [0.1, 0.15) is 54.0 Å². The molecule has 3 aliphatic rings. The van der Waals surface area contributed by atoms with Crippen molar-refractivity contribution in [3.8, 4) is 0 Å². The highest BCUT2D eigenvalue weighted by molar-refractivity contribution is 7.09. The van der Waals surface area contributed by atoms with Crippen LogP contribution in [0.15, 0.2) is 5.38 Å². The molecule has 3 fully saturated rings. The maximum Gasteiger partial charge on any atom is 0.273 e. The zero-order valence-electron chi connectivity index (χ0n) is 15.4. The summed E-state index contributed by atoms with van der Waals surface area (Å²) >= 11 is 1.53. The van der Waals surface area contributed by atoms with E-state index in [1.165, 1.54) is 11.3 Å². The second-order valence-corrected chi connectivity index (χ2v) is 8.95. The number of nitrogens with one attached hydrogen (secondary N) is 1. The monoisotopic (exact) mass is 376 g/mol. The highest BCUT2D eigenvalue weighted by atomic mass is 32.1. The Balaban J connectivity index is 1.28. The molecular weight excluding hydrogens is 348 g/mol. The molecule has 1 atom stereocenters. The fraction of sp³-hybridized carbons (Fsp3) is 0.737. The fourth-order valence-corrected chi connectivity index (χ4v) is 4.74. The lowest BCUT2D eigenvalue weighted by Crippen LogP contribution is -2.51. The summed E-state index contributed by atoms with van der Waals surface area (Å²) in [6, 6.07) is 0.939. The number of piperidine rings is 2. The third-order valence-corrected chi connectivity index (χ3v) is 6.63. The third kappa shape index (κ3) is 4.09. The smallest absolute Gasteiger partial charge is 0.273 e. The standard InChI is InChI=1S/C19H28N4O2S/c1-13-20-17(12-26-13)19(25)22-9-6-16(7-10-22)23-8-2-3-14(11-23)18(24)21-15-4-5-15/h12,14-16H,2-11H2,1H3,(H,21,24)/t14-/m0/s1. The molecule has 4 rings (SSSR count). The first kappa shape index (κ1) is 17.9. The second-order valence-electron chi connectivity index (χ2n) is 7.89. The van der Waals surface area contributed by atoms with Crippen molar-refractivity contribution in [1.82, 2.24) is 20.1 Å². The number of carbonyl (C=O) groups excluding carboxylic acids is 2. The lowest BCUT2D eigenvalue weighted by Gasteiger charge is -2.42. The molecule has 2 amide bonds. The van der Waals surface area contributed by atoms with E-state index in [-0.39, 0.29) is 17.7 Å². The van der Waals surface area contributed by atoms with Gasteiger partial charge in [-0.2, -0.15) is 0 Å².